The third-order valence-corrected chi connectivity index (χ3v) is 4.48. The third-order valence-electron chi connectivity index (χ3n) is 3.00. The van der Waals surface area contributed by atoms with Gasteiger partial charge < -0.3 is 10.1 Å². The topological polar surface area (TPSA) is 56.1 Å². The number of hydrogen-bond acceptors (Lipinski definition) is 4. The van der Waals surface area contributed by atoms with Gasteiger partial charge in [-0.1, -0.05) is 0 Å². The average molecular weight is 269 g/mol. The summed E-state index contributed by atoms with van der Waals surface area (Å²) in [6.45, 7) is 4.77. The molecule has 2 rings (SSSR count). The summed E-state index contributed by atoms with van der Waals surface area (Å²) >= 11 is 1.67. The molecule has 1 saturated heterocycles. The van der Waals surface area contributed by atoms with Crippen LogP contribution in [0.5, 0.6) is 0 Å². The van der Waals surface area contributed by atoms with Gasteiger partial charge in [0.1, 0.15) is 5.82 Å². The maximum absolute atomic E-state index is 11.8. The van der Waals surface area contributed by atoms with Crippen LogP contribution in [0.25, 0.3) is 0 Å². The van der Waals surface area contributed by atoms with Crippen LogP contribution < -0.4 is 5.32 Å². The molecule has 2 atom stereocenters. The second-order valence-corrected chi connectivity index (χ2v) is 5.78. The van der Waals surface area contributed by atoms with Gasteiger partial charge in [-0.3, -0.25) is 9.48 Å². The Morgan fingerprint density at radius 3 is 3.06 bits per heavy atom. The first-order valence-corrected chi connectivity index (χ1v) is 7.15. The fourth-order valence-corrected chi connectivity index (χ4v) is 3.07. The number of carbonyl (C=O) groups is 1. The van der Waals surface area contributed by atoms with Crippen LogP contribution in [0.3, 0.4) is 0 Å². The third kappa shape index (κ3) is 3.26. The summed E-state index contributed by atoms with van der Waals surface area (Å²) in [6.07, 6.45) is 1.28. The number of thioether (sulfide) groups is 1. The van der Waals surface area contributed by atoms with Gasteiger partial charge in [-0.05, 0) is 20.3 Å². The van der Waals surface area contributed by atoms with Crippen LogP contribution in [0.1, 0.15) is 19.0 Å². The van der Waals surface area contributed by atoms with E-state index in [2.05, 4.69) is 17.3 Å². The lowest BCUT2D eigenvalue weighted by Crippen LogP contribution is -2.20. The number of aromatic nitrogens is 2. The molecule has 1 aliphatic rings. The standard InChI is InChI=1S/C12H19N3O2S/c1-8-6-11(15(3)14-8)13-12(16)7-18-10-4-5-17-9(10)2/h6,9-10H,4-5,7H2,1-3H3,(H,13,16)/t9-,10-/m1/s1. The highest BCUT2D eigenvalue weighted by atomic mass is 32.2. The summed E-state index contributed by atoms with van der Waals surface area (Å²) in [5.41, 5.74) is 0.901. The van der Waals surface area contributed by atoms with Crippen LogP contribution in [0.15, 0.2) is 6.07 Å². The lowest BCUT2D eigenvalue weighted by atomic mass is 10.3. The molecular formula is C12H19N3O2S. The molecule has 6 heteroatoms. The highest BCUT2D eigenvalue weighted by molar-refractivity contribution is 8.00. The van der Waals surface area contributed by atoms with Crippen molar-refractivity contribution in [1.29, 1.82) is 0 Å². The monoisotopic (exact) mass is 269 g/mol. The number of rotatable bonds is 4. The average Bonchev–Trinajstić information content (AvgIpc) is 2.83. The molecule has 1 fully saturated rings. The van der Waals surface area contributed by atoms with Crippen molar-refractivity contribution in [3.05, 3.63) is 11.8 Å². The molecule has 100 valence electrons. The first-order valence-electron chi connectivity index (χ1n) is 6.10. The molecule has 1 aromatic rings. The zero-order chi connectivity index (χ0) is 13.1. The Hall–Kier alpha value is -1.01. The Morgan fingerprint density at radius 2 is 2.50 bits per heavy atom. The second-order valence-electron chi connectivity index (χ2n) is 4.56. The molecule has 1 amide bonds. The summed E-state index contributed by atoms with van der Waals surface area (Å²) in [7, 11) is 1.82. The van der Waals surface area contributed by atoms with E-state index in [0.717, 1.165) is 24.5 Å². The summed E-state index contributed by atoms with van der Waals surface area (Å²) < 4.78 is 7.15. The van der Waals surface area contributed by atoms with Gasteiger partial charge in [-0.2, -0.15) is 5.10 Å². The maximum atomic E-state index is 11.8. The molecule has 0 saturated carbocycles. The highest BCUT2D eigenvalue weighted by Gasteiger charge is 2.25. The SMILES string of the molecule is Cc1cc(NC(=O)CS[C@@H]2CCO[C@@H]2C)n(C)n1. The minimum absolute atomic E-state index is 0.0158. The number of hydrogen-bond donors (Lipinski definition) is 1. The van der Waals surface area contributed by atoms with Crippen molar-refractivity contribution in [1.82, 2.24) is 9.78 Å². The van der Waals surface area contributed by atoms with E-state index in [9.17, 15) is 4.79 Å². The summed E-state index contributed by atoms with van der Waals surface area (Å²) in [4.78, 5) is 11.8. The van der Waals surface area contributed by atoms with Gasteiger partial charge in [0, 0.05) is 25.0 Å². The first-order chi connectivity index (χ1) is 8.56. The van der Waals surface area contributed by atoms with Crippen molar-refractivity contribution in [2.24, 2.45) is 7.05 Å². The molecule has 18 heavy (non-hydrogen) atoms. The first kappa shape index (κ1) is 13.4. The molecule has 5 nitrogen and oxygen atoms in total. The van der Waals surface area contributed by atoms with Crippen LogP contribution in [0.2, 0.25) is 0 Å². The Balaban J connectivity index is 1.80. The van der Waals surface area contributed by atoms with Crippen molar-refractivity contribution in [3.63, 3.8) is 0 Å². The summed E-state index contributed by atoms with van der Waals surface area (Å²) in [5.74, 6) is 1.22. The number of nitrogens with one attached hydrogen (secondary N) is 1. The molecule has 1 aliphatic heterocycles. The van der Waals surface area contributed by atoms with E-state index in [-0.39, 0.29) is 12.0 Å². The molecule has 2 heterocycles. The van der Waals surface area contributed by atoms with E-state index in [0.29, 0.717) is 11.0 Å². The lowest BCUT2D eigenvalue weighted by molar-refractivity contribution is -0.113. The fourth-order valence-electron chi connectivity index (χ4n) is 2.02. The normalized spacial score (nSPS) is 23.3. The van der Waals surface area contributed by atoms with E-state index < -0.39 is 0 Å². The van der Waals surface area contributed by atoms with Crippen LogP contribution in [-0.4, -0.2) is 39.4 Å². The van der Waals surface area contributed by atoms with Gasteiger partial charge >= 0.3 is 0 Å². The van der Waals surface area contributed by atoms with Crippen LogP contribution in [-0.2, 0) is 16.6 Å². The highest BCUT2D eigenvalue weighted by Crippen LogP contribution is 2.26. The molecule has 0 radical (unpaired) electrons. The predicted octanol–water partition coefficient (Wildman–Crippen LogP) is 1.58. The van der Waals surface area contributed by atoms with Gasteiger partial charge in [0.25, 0.3) is 0 Å². The van der Waals surface area contributed by atoms with Crippen molar-refractivity contribution in [2.75, 3.05) is 17.7 Å². The largest absolute Gasteiger partial charge is 0.377 e. The minimum atomic E-state index is 0.0158. The number of anilines is 1. The van der Waals surface area contributed by atoms with Crippen molar-refractivity contribution in [2.45, 2.75) is 31.6 Å². The van der Waals surface area contributed by atoms with Crippen molar-refractivity contribution >= 4 is 23.5 Å². The zero-order valence-corrected chi connectivity index (χ0v) is 11.8. The number of amides is 1. The fraction of sp³-hybridized carbons (Fsp3) is 0.667. The van der Waals surface area contributed by atoms with Crippen molar-refractivity contribution < 1.29 is 9.53 Å². The molecule has 0 unspecified atom stereocenters. The lowest BCUT2D eigenvalue weighted by Gasteiger charge is -2.13. The Morgan fingerprint density at radius 1 is 1.72 bits per heavy atom. The Labute approximate surface area is 111 Å². The second kappa shape index (κ2) is 5.75. The van der Waals surface area contributed by atoms with E-state index in [4.69, 9.17) is 4.74 Å². The van der Waals surface area contributed by atoms with Gasteiger partial charge in [0.2, 0.25) is 5.91 Å². The number of nitrogens with zero attached hydrogens (tertiary/aromatic N) is 2. The Bertz CT molecular complexity index is 433. The maximum Gasteiger partial charge on any atom is 0.235 e. The van der Waals surface area contributed by atoms with E-state index in [1.165, 1.54) is 0 Å². The summed E-state index contributed by atoms with van der Waals surface area (Å²) in [5, 5.41) is 7.49. The smallest absolute Gasteiger partial charge is 0.235 e. The predicted molar refractivity (Wildman–Crippen MR) is 72.9 cm³/mol. The van der Waals surface area contributed by atoms with Gasteiger partial charge in [0.15, 0.2) is 0 Å². The van der Waals surface area contributed by atoms with Crippen LogP contribution in [0.4, 0.5) is 5.82 Å². The number of carbonyl (C=O) groups excluding carboxylic acids is 1. The Kier molecular flexibility index (Phi) is 4.29. The molecule has 1 aromatic heterocycles. The quantitative estimate of drug-likeness (QED) is 0.901. The molecule has 0 bridgehead atoms. The van der Waals surface area contributed by atoms with Gasteiger partial charge in [0.05, 0.1) is 17.6 Å². The zero-order valence-electron chi connectivity index (χ0n) is 11.0. The minimum Gasteiger partial charge on any atom is -0.377 e. The molecule has 1 N–H and O–H groups in total. The van der Waals surface area contributed by atoms with Crippen molar-refractivity contribution in [3.8, 4) is 0 Å². The van der Waals surface area contributed by atoms with E-state index in [1.807, 2.05) is 20.0 Å². The molecule has 0 spiro atoms. The molecular weight excluding hydrogens is 250 g/mol. The summed E-state index contributed by atoms with van der Waals surface area (Å²) in [6, 6.07) is 1.86. The van der Waals surface area contributed by atoms with Crippen LogP contribution in [0, 0.1) is 6.92 Å². The van der Waals surface area contributed by atoms with Crippen LogP contribution >= 0.6 is 11.8 Å². The van der Waals surface area contributed by atoms with E-state index >= 15 is 0 Å². The van der Waals surface area contributed by atoms with E-state index in [1.54, 1.807) is 16.4 Å². The van der Waals surface area contributed by atoms with Gasteiger partial charge in [-0.15, -0.1) is 11.8 Å². The number of ether oxygens (including phenoxy) is 1. The molecule has 0 aromatic carbocycles. The molecule has 0 aliphatic carbocycles. The number of aryl methyl sites for hydroxylation is 2. The van der Waals surface area contributed by atoms with Gasteiger partial charge in [-0.25, -0.2) is 0 Å².